The zero-order chi connectivity index (χ0) is 23.9. The van der Waals surface area contributed by atoms with Gasteiger partial charge < -0.3 is 19.3 Å². The summed E-state index contributed by atoms with van der Waals surface area (Å²) in [5, 5.41) is 0.442. The Labute approximate surface area is 206 Å². The maximum Gasteiger partial charge on any atom is 0.255 e. The molecule has 2 aromatic rings. The van der Waals surface area contributed by atoms with Crippen LogP contribution in [0.2, 0.25) is 5.02 Å². The van der Waals surface area contributed by atoms with Gasteiger partial charge in [-0.1, -0.05) is 41.4 Å². The summed E-state index contributed by atoms with van der Waals surface area (Å²) in [6, 6.07) is 14.7. The van der Waals surface area contributed by atoms with Crippen LogP contribution in [-0.4, -0.2) is 98.3 Å². The Hall–Kier alpha value is -2.45. The van der Waals surface area contributed by atoms with Crippen molar-refractivity contribution < 1.29 is 19.1 Å². The Morgan fingerprint density at radius 3 is 2.50 bits per heavy atom. The van der Waals surface area contributed by atoms with E-state index in [0.717, 1.165) is 38.4 Å². The van der Waals surface area contributed by atoms with E-state index in [1.807, 2.05) is 48.2 Å². The smallest absolute Gasteiger partial charge is 0.255 e. The van der Waals surface area contributed by atoms with Gasteiger partial charge in [-0.25, -0.2) is 0 Å². The van der Waals surface area contributed by atoms with Crippen LogP contribution in [0.25, 0.3) is 0 Å². The normalized spacial score (nSPS) is 19.1. The number of benzene rings is 2. The minimum absolute atomic E-state index is 0.0218. The SMILES string of the molecule is Cc1ccc(C(=O)N(CCN2CCOCC2)C[C@H]2CN(C(=O)c3ccccc3Cl)CCO2)cc1. The van der Waals surface area contributed by atoms with Crippen LogP contribution in [0.4, 0.5) is 0 Å². The van der Waals surface area contributed by atoms with E-state index in [0.29, 0.717) is 48.9 Å². The first kappa shape index (κ1) is 24.7. The minimum atomic E-state index is -0.265. The second kappa shape index (κ2) is 11.8. The summed E-state index contributed by atoms with van der Waals surface area (Å²) in [7, 11) is 0. The predicted molar refractivity (Wildman–Crippen MR) is 131 cm³/mol. The van der Waals surface area contributed by atoms with Gasteiger partial charge >= 0.3 is 0 Å². The molecule has 4 rings (SSSR count). The van der Waals surface area contributed by atoms with Crippen molar-refractivity contribution in [2.45, 2.75) is 13.0 Å². The van der Waals surface area contributed by atoms with Gasteiger partial charge in [0.1, 0.15) is 0 Å². The van der Waals surface area contributed by atoms with Crippen molar-refractivity contribution in [1.29, 1.82) is 0 Å². The summed E-state index contributed by atoms with van der Waals surface area (Å²) in [6.07, 6.45) is -0.265. The van der Waals surface area contributed by atoms with Crippen LogP contribution in [-0.2, 0) is 9.47 Å². The van der Waals surface area contributed by atoms with Crippen molar-refractivity contribution in [3.05, 3.63) is 70.2 Å². The third kappa shape index (κ3) is 6.36. The van der Waals surface area contributed by atoms with Crippen molar-refractivity contribution in [2.75, 3.05) is 65.6 Å². The van der Waals surface area contributed by atoms with E-state index in [2.05, 4.69) is 4.90 Å². The van der Waals surface area contributed by atoms with Crippen molar-refractivity contribution in [2.24, 2.45) is 0 Å². The number of ether oxygens (including phenoxy) is 2. The Bertz CT molecular complexity index is 978. The molecule has 2 fully saturated rings. The van der Waals surface area contributed by atoms with E-state index in [1.54, 1.807) is 17.0 Å². The van der Waals surface area contributed by atoms with Crippen molar-refractivity contribution >= 4 is 23.4 Å². The number of carbonyl (C=O) groups excluding carboxylic acids is 2. The van der Waals surface area contributed by atoms with Gasteiger partial charge in [0.15, 0.2) is 0 Å². The lowest BCUT2D eigenvalue weighted by Crippen LogP contribution is -2.52. The van der Waals surface area contributed by atoms with Gasteiger partial charge in [0, 0.05) is 51.4 Å². The van der Waals surface area contributed by atoms with Crippen LogP contribution < -0.4 is 0 Å². The van der Waals surface area contributed by atoms with Crippen LogP contribution in [0, 0.1) is 6.92 Å². The number of rotatable bonds is 7. The second-order valence-electron chi connectivity index (χ2n) is 8.80. The average molecular weight is 486 g/mol. The summed E-state index contributed by atoms with van der Waals surface area (Å²) < 4.78 is 11.4. The van der Waals surface area contributed by atoms with Crippen molar-refractivity contribution in [3.63, 3.8) is 0 Å². The molecule has 7 nitrogen and oxygen atoms in total. The zero-order valence-electron chi connectivity index (χ0n) is 19.6. The molecule has 0 unspecified atom stereocenters. The molecule has 0 aliphatic carbocycles. The molecule has 2 heterocycles. The fourth-order valence-corrected chi connectivity index (χ4v) is 4.52. The minimum Gasteiger partial charge on any atom is -0.379 e. The maximum atomic E-state index is 13.4. The Morgan fingerprint density at radius 2 is 1.76 bits per heavy atom. The molecule has 34 heavy (non-hydrogen) atoms. The maximum absolute atomic E-state index is 13.4. The average Bonchev–Trinajstić information content (AvgIpc) is 2.87. The molecule has 1 atom stereocenters. The lowest BCUT2D eigenvalue weighted by molar-refractivity contribution is -0.0346. The molecular weight excluding hydrogens is 454 g/mol. The van der Waals surface area contributed by atoms with Crippen LogP contribution in [0.15, 0.2) is 48.5 Å². The third-order valence-corrected chi connectivity index (χ3v) is 6.66. The third-order valence-electron chi connectivity index (χ3n) is 6.33. The molecule has 2 saturated heterocycles. The van der Waals surface area contributed by atoms with E-state index in [-0.39, 0.29) is 17.9 Å². The van der Waals surface area contributed by atoms with Crippen LogP contribution >= 0.6 is 11.6 Å². The highest BCUT2D eigenvalue weighted by Gasteiger charge is 2.29. The fraction of sp³-hybridized carbons (Fsp3) is 0.462. The van der Waals surface area contributed by atoms with Gasteiger partial charge in [0.05, 0.1) is 36.5 Å². The Morgan fingerprint density at radius 1 is 1.03 bits per heavy atom. The van der Waals surface area contributed by atoms with Gasteiger partial charge in [-0.3, -0.25) is 14.5 Å². The van der Waals surface area contributed by atoms with E-state index >= 15 is 0 Å². The molecule has 2 aliphatic heterocycles. The number of halogens is 1. The van der Waals surface area contributed by atoms with Gasteiger partial charge in [-0.2, -0.15) is 0 Å². The predicted octanol–water partition coefficient (Wildman–Crippen LogP) is 2.96. The highest BCUT2D eigenvalue weighted by Crippen LogP contribution is 2.19. The number of amides is 2. The topological polar surface area (TPSA) is 62.3 Å². The van der Waals surface area contributed by atoms with Gasteiger partial charge in [-0.15, -0.1) is 0 Å². The number of morpholine rings is 2. The quantitative estimate of drug-likeness (QED) is 0.603. The lowest BCUT2D eigenvalue weighted by atomic mass is 10.1. The number of nitrogens with zero attached hydrogens (tertiary/aromatic N) is 3. The number of hydrogen-bond donors (Lipinski definition) is 0. The molecule has 2 aromatic carbocycles. The molecule has 0 bridgehead atoms. The molecule has 182 valence electrons. The molecule has 8 heteroatoms. The van der Waals surface area contributed by atoms with E-state index in [4.69, 9.17) is 21.1 Å². The van der Waals surface area contributed by atoms with Crippen LogP contribution in [0.3, 0.4) is 0 Å². The summed E-state index contributed by atoms with van der Waals surface area (Å²) in [5.74, 6) is -0.130. The second-order valence-corrected chi connectivity index (χ2v) is 9.20. The zero-order valence-corrected chi connectivity index (χ0v) is 20.4. The highest BCUT2D eigenvalue weighted by atomic mass is 35.5. The molecule has 0 saturated carbocycles. The first-order valence-corrected chi connectivity index (χ1v) is 12.2. The summed E-state index contributed by atoms with van der Waals surface area (Å²) >= 11 is 6.25. The standard InChI is InChI=1S/C26H32ClN3O4/c1-20-6-8-21(9-7-20)25(31)29(11-10-28-12-15-33-16-13-28)18-22-19-30(14-17-34-22)26(32)23-4-2-3-5-24(23)27/h2-9,22H,10-19H2,1H3/t22-/m0/s1. The summed E-state index contributed by atoms with van der Waals surface area (Å²) in [5.41, 5.74) is 2.26. The molecule has 0 spiro atoms. The molecule has 0 N–H and O–H groups in total. The molecule has 2 aliphatic rings. The monoisotopic (exact) mass is 485 g/mol. The molecular formula is C26H32ClN3O4. The van der Waals surface area contributed by atoms with Crippen LogP contribution in [0.1, 0.15) is 26.3 Å². The number of hydrogen-bond acceptors (Lipinski definition) is 5. The first-order chi connectivity index (χ1) is 16.5. The molecule has 2 amide bonds. The van der Waals surface area contributed by atoms with Gasteiger partial charge in [0.2, 0.25) is 0 Å². The molecule has 0 aromatic heterocycles. The fourth-order valence-electron chi connectivity index (χ4n) is 4.31. The van der Waals surface area contributed by atoms with Gasteiger partial charge in [-0.05, 0) is 31.2 Å². The summed E-state index contributed by atoms with van der Waals surface area (Å²) in [4.78, 5) is 32.4. The summed E-state index contributed by atoms with van der Waals surface area (Å²) in [6.45, 7) is 8.30. The number of carbonyl (C=O) groups is 2. The van der Waals surface area contributed by atoms with Crippen molar-refractivity contribution in [1.82, 2.24) is 14.7 Å². The Kier molecular flexibility index (Phi) is 8.56. The molecule has 0 radical (unpaired) electrons. The Balaban J connectivity index is 1.44. The van der Waals surface area contributed by atoms with E-state index in [9.17, 15) is 9.59 Å². The van der Waals surface area contributed by atoms with Crippen molar-refractivity contribution in [3.8, 4) is 0 Å². The van der Waals surface area contributed by atoms with Crippen LogP contribution in [0.5, 0.6) is 0 Å². The van der Waals surface area contributed by atoms with E-state index < -0.39 is 0 Å². The van der Waals surface area contributed by atoms with Gasteiger partial charge in [0.25, 0.3) is 11.8 Å². The largest absolute Gasteiger partial charge is 0.379 e. The first-order valence-electron chi connectivity index (χ1n) is 11.8. The lowest BCUT2D eigenvalue weighted by Gasteiger charge is -2.37. The van der Waals surface area contributed by atoms with E-state index in [1.165, 1.54) is 0 Å². The highest BCUT2D eigenvalue weighted by molar-refractivity contribution is 6.33. The number of aryl methyl sites for hydroxylation is 1.